The molecule has 1 aliphatic carbocycles. The molecule has 0 spiro atoms. The standard InChI is InChI=1S/C15H24OS/c1-3-13-9-10-14(17-13)11-15(2,16)12-7-5-4-6-8-12/h9-10,12,16H,3-8,11H2,1-2H3. The molecule has 0 aliphatic heterocycles. The van der Waals surface area contributed by atoms with Crippen molar-refractivity contribution in [3.63, 3.8) is 0 Å². The zero-order chi connectivity index (χ0) is 12.3. The van der Waals surface area contributed by atoms with Crippen LogP contribution in [0.15, 0.2) is 12.1 Å². The van der Waals surface area contributed by atoms with E-state index >= 15 is 0 Å². The van der Waals surface area contributed by atoms with Gasteiger partial charge in [0, 0.05) is 16.2 Å². The second kappa shape index (κ2) is 5.53. The normalized spacial score (nSPS) is 21.4. The first kappa shape index (κ1) is 13.1. The van der Waals surface area contributed by atoms with E-state index in [-0.39, 0.29) is 0 Å². The van der Waals surface area contributed by atoms with E-state index in [1.165, 1.54) is 41.9 Å². The summed E-state index contributed by atoms with van der Waals surface area (Å²) >= 11 is 1.86. The minimum absolute atomic E-state index is 0.503. The van der Waals surface area contributed by atoms with Gasteiger partial charge in [-0.05, 0) is 44.2 Å². The molecule has 1 saturated carbocycles. The number of hydrogen-bond donors (Lipinski definition) is 1. The van der Waals surface area contributed by atoms with Crippen LogP contribution in [0.25, 0.3) is 0 Å². The maximum atomic E-state index is 10.7. The lowest BCUT2D eigenvalue weighted by atomic mass is 9.76. The second-order valence-corrected chi connectivity index (χ2v) is 6.84. The molecule has 0 radical (unpaired) electrons. The highest BCUT2D eigenvalue weighted by molar-refractivity contribution is 7.12. The largest absolute Gasteiger partial charge is 0.390 e. The van der Waals surface area contributed by atoms with Gasteiger partial charge >= 0.3 is 0 Å². The minimum atomic E-state index is -0.504. The van der Waals surface area contributed by atoms with Gasteiger partial charge in [-0.25, -0.2) is 0 Å². The van der Waals surface area contributed by atoms with E-state index in [9.17, 15) is 5.11 Å². The molecule has 0 aromatic carbocycles. The lowest BCUT2D eigenvalue weighted by Gasteiger charge is -2.35. The maximum Gasteiger partial charge on any atom is 0.0695 e. The number of rotatable bonds is 4. The van der Waals surface area contributed by atoms with Crippen LogP contribution in [0.1, 0.15) is 55.7 Å². The summed E-state index contributed by atoms with van der Waals surface area (Å²) in [6, 6.07) is 4.40. The first-order valence-corrected chi connectivity index (χ1v) is 7.73. The fourth-order valence-corrected chi connectivity index (χ4v) is 4.05. The van der Waals surface area contributed by atoms with Crippen molar-refractivity contribution in [2.24, 2.45) is 5.92 Å². The van der Waals surface area contributed by atoms with Crippen molar-refractivity contribution >= 4 is 11.3 Å². The molecule has 1 aromatic rings. The van der Waals surface area contributed by atoms with Crippen LogP contribution in [0, 0.1) is 5.92 Å². The predicted molar refractivity (Wildman–Crippen MR) is 74.6 cm³/mol. The molecule has 2 heteroatoms. The van der Waals surface area contributed by atoms with Crippen molar-refractivity contribution in [2.75, 3.05) is 0 Å². The van der Waals surface area contributed by atoms with E-state index < -0.39 is 5.60 Å². The van der Waals surface area contributed by atoms with Crippen molar-refractivity contribution < 1.29 is 5.11 Å². The van der Waals surface area contributed by atoms with Gasteiger partial charge in [0.2, 0.25) is 0 Å². The highest BCUT2D eigenvalue weighted by Crippen LogP contribution is 2.35. The van der Waals surface area contributed by atoms with Crippen LogP contribution in [-0.2, 0) is 12.8 Å². The van der Waals surface area contributed by atoms with Gasteiger partial charge in [0.1, 0.15) is 0 Å². The SMILES string of the molecule is CCc1ccc(CC(C)(O)C2CCCCC2)s1. The molecule has 1 unspecified atom stereocenters. The predicted octanol–water partition coefficient (Wildman–Crippen LogP) is 4.18. The molecule has 0 bridgehead atoms. The summed E-state index contributed by atoms with van der Waals surface area (Å²) in [4.78, 5) is 2.77. The molecule has 0 saturated heterocycles. The Balaban J connectivity index is 1.99. The van der Waals surface area contributed by atoms with Crippen molar-refractivity contribution in [1.29, 1.82) is 0 Å². The Bertz CT molecular complexity index is 348. The molecule has 1 atom stereocenters. The van der Waals surface area contributed by atoms with Crippen molar-refractivity contribution in [1.82, 2.24) is 0 Å². The monoisotopic (exact) mass is 252 g/mol. The minimum Gasteiger partial charge on any atom is -0.390 e. The lowest BCUT2D eigenvalue weighted by Crippen LogP contribution is -2.37. The van der Waals surface area contributed by atoms with E-state index in [1.54, 1.807) is 0 Å². The Kier molecular flexibility index (Phi) is 4.26. The van der Waals surface area contributed by atoms with Crippen LogP contribution in [0.2, 0.25) is 0 Å². The molecule has 1 fully saturated rings. The number of thiophene rings is 1. The Hall–Kier alpha value is -0.340. The fraction of sp³-hybridized carbons (Fsp3) is 0.733. The summed E-state index contributed by atoms with van der Waals surface area (Å²) in [5.41, 5.74) is -0.504. The summed E-state index contributed by atoms with van der Waals surface area (Å²) in [6.07, 6.45) is 8.30. The summed E-state index contributed by atoms with van der Waals surface area (Å²) < 4.78 is 0. The van der Waals surface area contributed by atoms with Crippen molar-refractivity contribution in [3.05, 3.63) is 21.9 Å². The summed E-state index contributed by atoms with van der Waals surface area (Å²) in [5.74, 6) is 0.503. The zero-order valence-corrected chi connectivity index (χ0v) is 11.9. The van der Waals surface area contributed by atoms with Gasteiger partial charge in [-0.2, -0.15) is 0 Å². The van der Waals surface area contributed by atoms with Crippen LogP contribution < -0.4 is 0 Å². The summed E-state index contributed by atoms with van der Waals surface area (Å²) in [7, 11) is 0. The second-order valence-electron chi connectivity index (χ2n) is 5.59. The van der Waals surface area contributed by atoms with Crippen molar-refractivity contribution in [3.8, 4) is 0 Å². The molecule has 0 amide bonds. The lowest BCUT2D eigenvalue weighted by molar-refractivity contribution is -0.0153. The average molecular weight is 252 g/mol. The molecule has 96 valence electrons. The molecular weight excluding hydrogens is 228 g/mol. The Labute approximate surface area is 109 Å². The number of hydrogen-bond acceptors (Lipinski definition) is 2. The molecule has 1 aliphatic rings. The molecule has 1 nitrogen and oxygen atoms in total. The highest BCUT2D eigenvalue weighted by atomic mass is 32.1. The highest BCUT2D eigenvalue weighted by Gasteiger charge is 2.33. The summed E-state index contributed by atoms with van der Waals surface area (Å²) in [5, 5.41) is 10.7. The third-order valence-electron chi connectivity index (χ3n) is 4.08. The van der Waals surface area contributed by atoms with E-state index in [2.05, 4.69) is 19.1 Å². The summed E-state index contributed by atoms with van der Waals surface area (Å²) in [6.45, 7) is 4.23. The van der Waals surface area contributed by atoms with Gasteiger partial charge in [-0.15, -0.1) is 11.3 Å². The Morgan fingerprint density at radius 2 is 1.88 bits per heavy atom. The molecule has 1 aromatic heterocycles. The molecule has 1 N–H and O–H groups in total. The third kappa shape index (κ3) is 3.32. The van der Waals surface area contributed by atoms with Gasteiger partial charge in [0.15, 0.2) is 0 Å². The zero-order valence-electron chi connectivity index (χ0n) is 11.0. The number of aliphatic hydroxyl groups is 1. The van der Waals surface area contributed by atoms with E-state index in [0.29, 0.717) is 5.92 Å². The fourth-order valence-electron chi connectivity index (χ4n) is 2.93. The van der Waals surface area contributed by atoms with Crippen LogP contribution >= 0.6 is 11.3 Å². The van der Waals surface area contributed by atoms with Gasteiger partial charge in [0.25, 0.3) is 0 Å². The first-order chi connectivity index (χ1) is 8.12. The van der Waals surface area contributed by atoms with Crippen molar-refractivity contribution in [2.45, 2.75) is 64.4 Å². The quantitative estimate of drug-likeness (QED) is 0.852. The van der Waals surface area contributed by atoms with Crippen LogP contribution in [0.4, 0.5) is 0 Å². The van der Waals surface area contributed by atoms with Gasteiger partial charge < -0.3 is 5.11 Å². The van der Waals surface area contributed by atoms with E-state index in [1.807, 2.05) is 18.3 Å². The van der Waals surface area contributed by atoms with Gasteiger partial charge in [-0.1, -0.05) is 26.2 Å². The Morgan fingerprint density at radius 3 is 2.47 bits per heavy atom. The third-order valence-corrected chi connectivity index (χ3v) is 5.31. The Morgan fingerprint density at radius 1 is 1.24 bits per heavy atom. The van der Waals surface area contributed by atoms with Crippen LogP contribution in [0.5, 0.6) is 0 Å². The smallest absolute Gasteiger partial charge is 0.0695 e. The topological polar surface area (TPSA) is 20.2 Å². The molecule has 1 heterocycles. The first-order valence-electron chi connectivity index (χ1n) is 6.92. The molecule has 2 rings (SSSR count). The number of aryl methyl sites for hydroxylation is 1. The van der Waals surface area contributed by atoms with E-state index in [0.717, 1.165) is 12.8 Å². The maximum absolute atomic E-state index is 10.7. The molecule has 17 heavy (non-hydrogen) atoms. The van der Waals surface area contributed by atoms with Crippen LogP contribution in [0.3, 0.4) is 0 Å². The molecular formula is C15H24OS. The van der Waals surface area contributed by atoms with E-state index in [4.69, 9.17) is 0 Å². The van der Waals surface area contributed by atoms with Gasteiger partial charge in [0.05, 0.1) is 5.60 Å². The average Bonchev–Trinajstić information content (AvgIpc) is 2.77. The van der Waals surface area contributed by atoms with Gasteiger partial charge in [-0.3, -0.25) is 0 Å². The van der Waals surface area contributed by atoms with Crippen LogP contribution in [-0.4, -0.2) is 10.7 Å².